The van der Waals surface area contributed by atoms with Gasteiger partial charge in [-0.3, -0.25) is 0 Å². The van der Waals surface area contributed by atoms with E-state index in [4.69, 9.17) is 9.47 Å². The molecule has 0 radical (unpaired) electrons. The van der Waals surface area contributed by atoms with Crippen molar-refractivity contribution in [2.45, 2.75) is 24.8 Å². The van der Waals surface area contributed by atoms with Crippen molar-refractivity contribution in [3.63, 3.8) is 0 Å². The first-order valence-electron chi connectivity index (χ1n) is 6.15. The Morgan fingerprint density at radius 3 is 2.53 bits per heavy atom. The number of hydrogen-bond donors (Lipinski definition) is 1. The molecule has 0 aromatic heterocycles. The first-order chi connectivity index (χ1) is 8.28. The summed E-state index contributed by atoms with van der Waals surface area (Å²) in [5.41, 5.74) is 1.46. The van der Waals surface area contributed by atoms with Crippen molar-refractivity contribution in [1.82, 2.24) is 5.32 Å². The number of nitrogens with one attached hydrogen (secondary N) is 1. The van der Waals surface area contributed by atoms with Crippen LogP contribution in [0.3, 0.4) is 0 Å². The molecule has 0 spiro atoms. The van der Waals surface area contributed by atoms with Gasteiger partial charge in [-0.25, -0.2) is 0 Å². The number of methoxy groups -OCH3 is 2. The first-order valence-corrected chi connectivity index (χ1v) is 6.15. The van der Waals surface area contributed by atoms with Crippen LogP contribution in [-0.4, -0.2) is 32.9 Å². The molecule has 1 aromatic carbocycles. The van der Waals surface area contributed by atoms with Crippen LogP contribution in [0.2, 0.25) is 0 Å². The van der Waals surface area contributed by atoms with E-state index in [0.717, 1.165) is 25.3 Å². The van der Waals surface area contributed by atoms with E-state index in [-0.39, 0.29) is 5.54 Å². The molecule has 1 N–H and O–H groups in total. The van der Waals surface area contributed by atoms with Crippen molar-refractivity contribution < 1.29 is 9.47 Å². The summed E-state index contributed by atoms with van der Waals surface area (Å²) in [5.74, 6) is 0.911. The third kappa shape index (κ3) is 2.99. The van der Waals surface area contributed by atoms with E-state index >= 15 is 0 Å². The van der Waals surface area contributed by atoms with Gasteiger partial charge in [0.05, 0.1) is 13.7 Å². The van der Waals surface area contributed by atoms with Gasteiger partial charge in [0.2, 0.25) is 0 Å². The molecule has 0 aliphatic carbocycles. The van der Waals surface area contributed by atoms with Crippen molar-refractivity contribution >= 4 is 0 Å². The molecule has 3 heteroatoms. The number of benzene rings is 1. The molecule has 1 aliphatic heterocycles. The van der Waals surface area contributed by atoms with Crippen molar-refractivity contribution in [1.29, 1.82) is 0 Å². The van der Waals surface area contributed by atoms with Crippen molar-refractivity contribution in [3.8, 4) is 5.75 Å². The van der Waals surface area contributed by atoms with Gasteiger partial charge >= 0.3 is 0 Å². The van der Waals surface area contributed by atoms with Crippen LogP contribution in [0.1, 0.15) is 18.4 Å². The standard InChI is InChI=1S/C14H21NO2/c1-16-11-14(8-3-9-15-14)10-12-4-6-13(17-2)7-5-12/h4-7,15H,3,8-11H2,1-2H3. The Kier molecular flexibility index (Phi) is 4.02. The minimum Gasteiger partial charge on any atom is -0.497 e. The van der Waals surface area contributed by atoms with Gasteiger partial charge in [0.15, 0.2) is 0 Å². The molecule has 1 saturated heterocycles. The zero-order chi connectivity index (χ0) is 12.1. The lowest BCUT2D eigenvalue weighted by Gasteiger charge is -2.29. The lowest BCUT2D eigenvalue weighted by atomic mass is 9.90. The molecule has 1 heterocycles. The van der Waals surface area contributed by atoms with E-state index in [1.165, 1.54) is 18.4 Å². The molecular weight excluding hydrogens is 214 g/mol. The van der Waals surface area contributed by atoms with E-state index in [2.05, 4.69) is 17.4 Å². The summed E-state index contributed by atoms with van der Waals surface area (Å²) in [6.45, 7) is 1.87. The van der Waals surface area contributed by atoms with Crippen LogP contribution >= 0.6 is 0 Å². The Morgan fingerprint density at radius 1 is 1.24 bits per heavy atom. The van der Waals surface area contributed by atoms with Crippen LogP contribution in [0.4, 0.5) is 0 Å². The Balaban J connectivity index is 2.06. The second kappa shape index (κ2) is 5.52. The largest absolute Gasteiger partial charge is 0.497 e. The Hall–Kier alpha value is -1.06. The first kappa shape index (κ1) is 12.4. The smallest absolute Gasteiger partial charge is 0.118 e. The third-order valence-corrected chi connectivity index (χ3v) is 3.45. The fourth-order valence-electron chi connectivity index (χ4n) is 2.60. The zero-order valence-corrected chi connectivity index (χ0v) is 10.7. The fraction of sp³-hybridized carbons (Fsp3) is 0.571. The van der Waals surface area contributed by atoms with E-state index in [9.17, 15) is 0 Å². The summed E-state index contributed by atoms with van der Waals surface area (Å²) in [6, 6.07) is 8.31. The van der Waals surface area contributed by atoms with E-state index in [1.807, 2.05) is 12.1 Å². The van der Waals surface area contributed by atoms with Gasteiger partial charge in [-0.1, -0.05) is 12.1 Å². The molecule has 2 rings (SSSR count). The summed E-state index contributed by atoms with van der Waals surface area (Å²) in [7, 11) is 3.47. The molecule has 17 heavy (non-hydrogen) atoms. The summed E-state index contributed by atoms with van der Waals surface area (Å²) < 4.78 is 10.5. The second-order valence-electron chi connectivity index (χ2n) is 4.77. The van der Waals surface area contributed by atoms with Crippen LogP contribution in [-0.2, 0) is 11.2 Å². The normalized spacial score (nSPS) is 23.9. The van der Waals surface area contributed by atoms with Crippen LogP contribution < -0.4 is 10.1 Å². The summed E-state index contributed by atoms with van der Waals surface area (Å²) >= 11 is 0. The molecule has 94 valence electrons. The zero-order valence-electron chi connectivity index (χ0n) is 10.7. The SMILES string of the molecule is COCC1(Cc2ccc(OC)cc2)CCCN1. The average Bonchev–Trinajstić information content (AvgIpc) is 2.79. The van der Waals surface area contributed by atoms with Crippen molar-refractivity contribution in [2.24, 2.45) is 0 Å². The van der Waals surface area contributed by atoms with Gasteiger partial charge in [0.1, 0.15) is 5.75 Å². The van der Waals surface area contributed by atoms with Crippen LogP contribution in [0, 0.1) is 0 Å². The van der Waals surface area contributed by atoms with E-state index < -0.39 is 0 Å². The molecule has 0 bridgehead atoms. The maximum atomic E-state index is 5.36. The average molecular weight is 235 g/mol. The van der Waals surface area contributed by atoms with E-state index in [1.54, 1.807) is 14.2 Å². The number of hydrogen-bond acceptors (Lipinski definition) is 3. The molecule has 0 amide bonds. The molecular formula is C14H21NO2. The predicted octanol–water partition coefficient (Wildman–Crippen LogP) is 2.01. The maximum Gasteiger partial charge on any atom is 0.118 e. The van der Waals surface area contributed by atoms with Gasteiger partial charge in [0.25, 0.3) is 0 Å². The van der Waals surface area contributed by atoms with Crippen LogP contribution in [0.25, 0.3) is 0 Å². The van der Waals surface area contributed by atoms with Gasteiger partial charge in [0, 0.05) is 12.6 Å². The topological polar surface area (TPSA) is 30.5 Å². The summed E-state index contributed by atoms with van der Waals surface area (Å²) in [4.78, 5) is 0. The lowest BCUT2D eigenvalue weighted by Crippen LogP contribution is -2.46. The highest BCUT2D eigenvalue weighted by Gasteiger charge is 2.33. The second-order valence-corrected chi connectivity index (χ2v) is 4.77. The highest BCUT2D eigenvalue weighted by atomic mass is 16.5. The van der Waals surface area contributed by atoms with Gasteiger partial charge in [-0.2, -0.15) is 0 Å². The Labute approximate surface area is 103 Å². The molecule has 1 unspecified atom stereocenters. The monoisotopic (exact) mass is 235 g/mol. The quantitative estimate of drug-likeness (QED) is 0.847. The van der Waals surface area contributed by atoms with Crippen LogP contribution in [0.15, 0.2) is 24.3 Å². The Bertz CT molecular complexity index is 342. The lowest BCUT2D eigenvalue weighted by molar-refractivity contribution is 0.120. The molecule has 1 fully saturated rings. The fourth-order valence-corrected chi connectivity index (χ4v) is 2.60. The summed E-state index contributed by atoms with van der Waals surface area (Å²) in [6.07, 6.45) is 3.44. The van der Waals surface area contributed by atoms with Gasteiger partial charge in [-0.15, -0.1) is 0 Å². The Morgan fingerprint density at radius 2 is 2.00 bits per heavy atom. The highest BCUT2D eigenvalue weighted by molar-refractivity contribution is 5.28. The molecule has 1 atom stereocenters. The minimum atomic E-state index is 0.128. The van der Waals surface area contributed by atoms with Crippen molar-refractivity contribution in [2.75, 3.05) is 27.4 Å². The third-order valence-electron chi connectivity index (χ3n) is 3.45. The number of ether oxygens (including phenoxy) is 2. The van der Waals surface area contributed by atoms with Gasteiger partial charge in [-0.05, 0) is 43.5 Å². The molecule has 0 saturated carbocycles. The summed E-state index contributed by atoms with van der Waals surface area (Å²) in [5, 5.41) is 3.59. The molecule has 1 aromatic rings. The van der Waals surface area contributed by atoms with E-state index in [0.29, 0.717) is 0 Å². The molecule has 1 aliphatic rings. The van der Waals surface area contributed by atoms with Gasteiger partial charge < -0.3 is 14.8 Å². The highest BCUT2D eigenvalue weighted by Crippen LogP contribution is 2.25. The minimum absolute atomic E-state index is 0.128. The van der Waals surface area contributed by atoms with Crippen LogP contribution in [0.5, 0.6) is 5.75 Å². The van der Waals surface area contributed by atoms with Crippen molar-refractivity contribution in [3.05, 3.63) is 29.8 Å². The number of rotatable bonds is 5. The predicted molar refractivity (Wildman–Crippen MR) is 68.5 cm³/mol. The maximum absolute atomic E-state index is 5.36. The molecule has 3 nitrogen and oxygen atoms in total.